The van der Waals surface area contributed by atoms with Crippen LogP contribution in [-0.2, 0) is 10.0 Å². The Bertz CT molecular complexity index is 765. The molecule has 0 aliphatic heterocycles. The van der Waals surface area contributed by atoms with Crippen molar-refractivity contribution in [3.63, 3.8) is 0 Å². The molecule has 1 aromatic rings. The molecule has 0 spiro atoms. The number of anilines is 2. The average Bonchev–Trinajstić information content (AvgIpc) is 2.64. The molecular formula is C20H34N4O2S2. The van der Waals surface area contributed by atoms with Gasteiger partial charge < -0.3 is 16.0 Å². The minimum absolute atomic E-state index is 0.245. The van der Waals surface area contributed by atoms with Crippen LogP contribution in [0.3, 0.4) is 0 Å². The summed E-state index contributed by atoms with van der Waals surface area (Å²) in [5.41, 5.74) is 1.53. The molecule has 1 saturated carbocycles. The maximum Gasteiger partial charge on any atom is 0.242 e. The summed E-state index contributed by atoms with van der Waals surface area (Å²) in [6.45, 7) is 5.21. The first-order valence-corrected chi connectivity index (χ1v) is 12.0. The number of nitrogens with zero attached hydrogens (tertiary/aromatic N) is 1. The second-order valence-corrected chi connectivity index (χ2v) is 10.3. The second kappa shape index (κ2) is 10.4. The lowest BCUT2D eigenvalue weighted by atomic mass is 9.86. The molecule has 1 aromatic carbocycles. The molecule has 158 valence electrons. The number of thiocarbonyl (C=S) groups is 1. The van der Waals surface area contributed by atoms with E-state index in [0.29, 0.717) is 22.8 Å². The van der Waals surface area contributed by atoms with E-state index in [1.54, 1.807) is 18.2 Å². The molecule has 2 atom stereocenters. The zero-order chi connectivity index (χ0) is 20.7. The molecule has 0 aromatic heterocycles. The fraction of sp³-hybridized carbons (Fsp3) is 0.650. The molecule has 6 nitrogen and oxygen atoms in total. The smallest absolute Gasteiger partial charge is 0.242 e. The molecule has 0 unspecified atom stereocenters. The van der Waals surface area contributed by atoms with Gasteiger partial charge in [-0.25, -0.2) is 12.7 Å². The van der Waals surface area contributed by atoms with Gasteiger partial charge in [0.05, 0.1) is 16.3 Å². The van der Waals surface area contributed by atoms with E-state index in [9.17, 15) is 8.42 Å². The van der Waals surface area contributed by atoms with Gasteiger partial charge in [0.25, 0.3) is 0 Å². The van der Waals surface area contributed by atoms with Gasteiger partial charge >= 0.3 is 0 Å². The van der Waals surface area contributed by atoms with Crippen molar-refractivity contribution in [3.8, 4) is 0 Å². The molecule has 1 aliphatic rings. The van der Waals surface area contributed by atoms with Crippen LogP contribution in [0, 0.1) is 5.92 Å². The fourth-order valence-corrected chi connectivity index (χ4v) is 4.60. The highest BCUT2D eigenvalue weighted by Gasteiger charge is 2.23. The molecule has 3 N–H and O–H groups in total. The number of hydrogen-bond acceptors (Lipinski definition) is 4. The molecule has 0 radical (unpaired) electrons. The lowest BCUT2D eigenvalue weighted by Crippen LogP contribution is -2.43. The second-order valence-electron chi connectivity index (χ2n) is 7.74. The Labute approximate surface area is 175 Å². The first-order valence-electron chi connectivity index (χ1n) is 10.1. The van der Waals surface area contributed by atoms with E-state index < -0.39 is 10.0 Å². The predicted molar refractivity (Wildman–Crippen MR) is 121 cm³/mol. The van der Waals surface area contributed by atoms with Crippen molar-refractivity contribution in [3.05, 3.63) is 18.2 Å². The van der Waals surface area contributed by atoms with Crippen LogP contribution in [0.15, 0.2) is 23.1 Å². The molecule has 0 heterocycles. The fourth-order valence-electron chi connectivity index (χ4n) is 3.41. The van der Waals surface area contributed by atoms with Crippen LogP contribution in [0.25, 0.3) is 0 Å². The van der Waals surface area contributed by atoms with E-state index in [4.69, 9.17) is 12.2 Å². The first kappa shape index (κ1) is 22.9. The number of hydrogen-bond donors (Lipinski definition) is 3. The van der Waals surface area contributed by atoms with Gasteiger partial charge in [0.1, 0.15) is 0 Å². The van der Waals surface area contributed by atoms with Crippen molar-refractivity contribution in [2.45, 2.75) is 63.3 Å². The summed E-state index contributed by atoms with van der Waals surface area (Å²) in [4.78, 5) is 0.245. The maximum atomic E-state index is 12.5. The largest absolute Gasteiger partial charge is 0.383 e. The van der Waals surface area contributed by atoms with E-state index in [2.05, 4.69) is 29.8 Å². The molecule has 2 rings (SSSR count). The van der Waals surface area contributed by atoms with Gasteiger partial charge in [0, 0.05) is 26.7 Å². The van der Waals surface area contributed by atoms with E-state index in [0.717, 1.165) is 31.5 Å². The van der Waals surface area contributed by atoms with Crippen molar-refractivity contribution in [1.29, 1.82) is 0 Å². The molecule has 8 heteroatoms. The highest BCUT2D eigenvalue weighted by Crippen LogP contribution is 2.28. The monoisotopic (exact) mass is 426 g/mol. The van der Waals surface area contributed by atoms with Crippen LogP contribution in [0.5, 0.6) is 0 Å². The molecule has 0 bridgehead atoms. The summed E-state index contributed by atoms with van der Waals surface area (Å²) < 4.78 is 26.3. The van der Waals surface area contributed by atoms with Gasteiger partial charge in [-0.2, -0.15) is 0 Å². The van der Waals surface area contributed by atoms with Crippen molar-refractivity contribution in [1.82, 2.24) is 9.62 Å². The number of benzene rings is 1. The van der Waals surface area contributed by atoms with Crippen LogP contribution in [0.4, 0.5) is 11.4 Å². The summed E-state index contributed by atoms with van der Waals surface area (Å²) >= 11 is 5.54. The first-order chi connectivity index (χ1) is 13.3. The van der Waals surface area contributed by atoms with E-state index in [-0.39, 0.29) is 4.90 Å². The highest BCUT2D eigenvalue weighted by molar-refractivity contribution is 7.89. The van der Waals surface area contributed by atoms with Crippen LogP contribution >= 0.6 is 12.2 Å². The quantitative estimate of drug-likeness (QED) is 0.431. The van der Waals surface area contributed by atoms with Crippen molar-refractivity contribution in [2.24, 2.45) is 5.92 Å². The standard InChI is InChI=1S/C20H34N4O2S2/c1-5-6-13-21-18-12-11-16(28(25,26)24(3)4)14-19(18)23-20(27)22-17-10-8-7-9-15(17)2/h11-12,14-15,17,21H,5-10,13H2,1-4H3,(H2,22,23,27)/t15-,17+/m1/s1. The Balaban J connectivity index is 2.20. The number of sulfonamides is 1. The molecular weight excluding hydrogens is 392 g/mol. The summed E-state index contributed by atoms with van der Waals surface area (Å²) in [6, 6.07) is 5.45. The zero-order valence-corrected chi connectivity index (χ0v) is 19.0. The van der Waals surface area contributed by atoms with Gasteiger partial charge in [-0.15, -0.1) is 0 Å². The summed E-state index contributed by atoms with van der Waals surface area (Å²) in [5, 5.41) is 10.6. The average molecular weight is 427 g/mol. The van der Waals surface area contributed by atoms with Gasteiger partial charge in [0.2, 0.25) is 10.0 Å². The van der Waals surface area contributed by atoms with E-state index >= 15 is 0 Å². The van der Waals surface area contributed by atoms with Gasteiger partial charge in [-0.1, -0.05) is 33.1 Å². The third-order valence-corrected chi connectivity index (χ3v) is 7.32. The minimum Gasteiger partial charge on any atom is -0.383 e. The zero-order valence-electron chi connectivity index (χ0n) is 17.4. The highest BCUT2D eigenvalue weighted by atomic mass is 32.2. The third kappa shape index (κ3) is 6.06. The number of nitrogens with one attached hydrogen (secondary N) is 3. The van der Waals surface area contributed by atoms with Crippen LogP contribution in [0.2, 0.25) is 0 Å². The van der Waals surface area contributed by atoms with Crippen molar-refractivity contribution < 1.29 is 8.42 Å². The van der Waals surface area contributed by atoms with Gasteiger partial charge in [-0.3, -0.25) is 0 Å². The summed E-state index contributed by atoms with van der Waals surface area (Å²) in [6.07, 6.45) is 6.93. The van der Waals surface area contributed by atoms with Crippen molar-refractivity contribution in [2.75, 3.05) is 31.3 Å². The Kier molecular flexibility index (Phi) is 8.52. The number of unbranched alkanes of at least 4 members (excludes halogenated alkanes) is 1. The minimum atomic E-state index is -3.51. The SMILES string of the molecule is CCCCNc1ccc(S(=O)(=O)N(C)C)cc1NC(=S)N[C@H]1CCCC[C@H]1C. The van der Waals surface area contributed by atoms with Crippen LogP contribution in [-0.4, -0.2) is 44.5 Å². The van der Waals surface area contributed by atoms with Gasteiger partial charge in [0.15, 0.2) is 5.11 Å². The lowest BCUT2D eigenvalue weighted by molar-refractivity contribution is 0.309. The Morgan fingerprint density at radius 1 is 1.21 bits per heavy atom. The maximum absolute atomic E-state index is 12.5. The Hall–Kier alpha value is -1.38. The summed E-state index contributed by atoms with van der Waals surface area (Å²) in [7, 11) is -0.443. The molecule has 1 fully saturated rings. The number of rotatable bonds is 8. The van der Waals surface area contributed by atoms with Crippen molar-refractivity contribution >= 4 is 38.7 Å². The lowest BCUT2D eigenvalue weighted by Gasteiger charge is -2.30. The molecule has 1 aliphatic carbocycles. The Morgan fingerprint density at radius 3 is 2.57 bits per heavy atom. The third-order valence-electron chi connectivity index (χ3n) is 5.29. The molecule has 28 heavy (non-hydrogen) atoms. The van der Waals surface area contributed by atoms with Crippen LogP contribution < -0.4 is 16.0 Å². The normalized spacial score (nSPS) is 20.0. The van der Waals surface area contributed by atoms with Crippen LogP contribution in [0.1, 0.15) is 52.4 Å². The topological polar surface area (TPSA) is 73.5 Å². The van der Waals surface area contributed by atoms with Gasteiger partial charge in [-0.05, 0) is 55.6 Å². The Morgan fingerprint density at radius 2 is 1.93 bits per heavy atom. The predicted octanol–water partition coefficient (Wildman–Crippen LogP) is 4.01. The van der Waals surface area contributed by atoms with E-state index in [1.807, 2.05) is 0 Å². The summed E-state index contributed by atoms with van der Waals surface area (Å²) in [5.74, 6) is 0.580. The molecule has 0 amide bonds. The molecule has 0 saturated heterocycles. The van der Waals surface area contributed by atoms with E-state index in [1.165, 1.54) is 37.7 Å².